The van der Waals surface area contributed by atoms with Crippen molar-refractivity contribution in [2.75, 3.05) is 19.0 Å². The molecule has 0 saturated heterocycles. The number of rotatable bonds is 1. The Balaban J connectivity index is 2.36. The van der Waals surface area contributed by atoms with Crippen LogP contribution in [0.1, 0.15) is 5.56 Å². The molecular formula is C15H15NO. The average molecular weight is 225 g/mol. The van der Waals surface area contributed by atoms with Crippen LogP contribution in [0.25, 0.3) is 21.9 Å². The number of aryl methyl sites for hydroxylation is 1. The maximum Gasteiger partial charge on any atom is 0.137 e. The first-order valence-electron chi connectivity index (χ1n) is 5.75. The van der Waals surface area contributed by atoms with Crippen LogP contribution < -0.4 is 4.90 Å². The third-order valence-corrected chi connectivity index (χ3v) is 3.13. The second-order valence-electron chi connectivity index (χ2n) is 4.68. The van der Waals surface area contributed by atoms with Crippen molar-refractivity contribution < 1.29 is 4.42 Å². The van der Waals surface area contributed by atoms with Crippen molar-refractivity contribution in [3.63, 3.8) is 0 Å². The Bertz CT molecular complexity index is 695. The summed E-state index contributed by atoms with van der Waals surface area (Å²) in [6, 6.07) is 12.6. The highest BCUT2D eigenvalue weighted by molar-refractivity contribution is 6.05. The summed E-state index contributed by atoms with van der Waals surface area (Å²) in [7, 11) is 4.07. The molecule has 0 fully saturated rings. The highest BCUT2D eigenvalue weighted by Crippen LogP contribution is 2.31. The van der Waals surface area contributed by atoms with Crippen molar-refractivity contribution in [1.82, 2.24) is 0 Å². The van der Waals surface area contributed by atoms with Crippen LogP contribution in [0.5, 0.6) is 0 Å². The molecule has 0 atom stereocenters. The standard InChI is InChI=1S/C15H15NO/c1-10-4-7-14-13(8-10)12-6-5-11(16(2)3)9-15(12)17-14/h4-9H,1-3H3. The van der Waals surface area contributed by atoms with E-state index in [9.17, 15) is 0 Å². The molecule has 0 aliphatic heterocycles. The first-order chi connectivity index (χ1) is 8.15. The van der Waals surface area contributed by atoms with Crippen molar-refractivity contribution in [3.05, 3.63) is 42.0 Å². The molecule has 2 nitrogen and oxygen atoms in total. The van der Waals surface area contributed by atoms with Gasteiger partial charge in [-0.05, 0) is 31.2 Å². The summed E-state index contributed by atoms with van der Waals surface area (Å²) in [5.74, 6) is 0. The molecule has 2 heteroatoms. The van der Waals surface area contributed by atoms with Gasteiger partial charge in [-0.25, -0.2) is 0 Å². The highest BCUT2D eigenvalue weighted by Gasteiger charge is 2.07. The van der Waals surface area contributed by atoms with E-state index in [1.165, 1.54) is 16.3 Å². The van der Waals surface area contributed by atoms with E-state index in [0.29, 0.717) is 0 Å². The van der Waals surface area contributed by atoms with Crippen LogP contribution >= 0.6 is 0 Å². The molecule has 3 aromatic rings. The Morgan fingerprint density at radius 3 is 2.47 bits per heavy atom. The van der Waals surface area contributed by atoms with E-state index < -0.39 is 0 Å². The minimum Gasteiger partial charge on any atom is -0.456 e. The maximum absolute atomic E-state index is 5.87. The molecule has 0 radical (unpaired) electrons. The number of anilines is 1. The van der Waals surface area contributed by atoms with Gasteiger partial charge in [0.2, 0.25) is 0 Å². The topological polar surface area (TPSA) is 16.4 Å². The van der Waals surface area contributed by atoms with Crippen molar-refractivity contribution in [3.8, 4) is 0 Å². The van der Waals surface area contributed by atoms with Gasteiger partial charge < -0.3 is 9.32 Å². The lowest BCUT2D eigenvalue weighted by atomic mass is 10.1. The minimum absolute atomic E-state index is 0.955. The second kappa shape index (κ2) is 3.52. The number of benzene rings is 2. The zero-order valence-corrected chi connectivity index (χ0v) is 10.3. The second-order valence-corrected chi connectivity index (χ2v) is 4.68. The summed E-state index contributed by atoms with van der Waals surface area (Å²) in [6.45, 7) is 2.10. The monoisotopic (exact) mass is 225 g/mol. The lowest BCUT2D eigenvalue weighted by Crippen LogP contribution is -2.07. The van der Waals surface area contributed by atoms with Crippen molar-refractivity contribution >= 4 is 27.6 Å². The number of furan rings is 1. The molecule has 0 unspecified atom stereocenters. The predicted octanol–water partition coefficient (Wildman–Crippen LogP) is 3.96. The lowest BCUT2D eigenvalue weighted by molar-refractivity contribution is 0.669. The van der Waals surface area contributed by atoms with Crippen LogP contribution in [-0.4, -0.2) is 14.1 Å². The minimum atomic E-state index is 0.955. The first-order valence-corrected chi connectivity index (χ1v) is 5.75. The van der Waals surface area contributed by atoms with Crippen molar-refractivity contribution in [2.24, 2.45) is 0 Å². The fourth-order valence-corrected chi connectivity index (χ4v) is 2.16. The maximum atomic E-state index is 5.87. The summed E-state index contributed by atoms with van der Waals surface area (Å²) in [4.78, 5) is 2.08. The number of hydrogen-bond acceptors (Lipinski definition) is 2. The van der Waals surface area contributed by atoms with Crippen LogP contribution in [0.4, 0.5) is 5.69 Å². The molecule has 17 heavy (non-hydrogen) atoms. The molecule has 0 saturated carbocycles. The van der Waals surface area contributed by atoms with E-state index in [1.54, 1.807) is 0 Å². The molecule has 2 aromatic carbocycles. The van der Waals surface area contributed by atoms with E-state index in [-0.39, 0.29) is 0 Å². The molecule has 86 valence electrons. The third kappa shape index (κ3) is 1.57. The number of fused-ring (bicyclic) bond motifs is 3. The fourth-order valence-electron chi connectivity index (χ4n) is 2.16. The molecule has 0 aliphatic carbocycles. The zero-order valence-electron chi connectivity index (χ0n) is 10.3. The summed E-state index contributed by atoms with van der Waals surface area (Å²) >= 11 is 0. The van der Waals surface area contributed by atoms with Crippen LogP contribution in [-0.2, 0) is 0 Å². The zero-order chi connectivity index (χ0) is 12.0. The number of hydrogen-bond donors (Lipinski definition) is 0. The van der Waals surface area contributed by atoms with Crippen molar-refractivity contribution in [1.29, 1.82) is 0 Å². The van der Waals surface area contributed by atoms with Gasteiger partial charge in [0.15, 0.2) is 0 Å². The van der Waals surface area contributed by atoms with Crippen LogP contribution in [0.2, 0.25) is 0 Å². The Kier molecular flexibility index (Phi) is 2.11. The molecule has 0 bridgehead atoms. The lowest BCUT2D eigenvalue weighted by Gasteiger charge is -2.11. The summed E-state index contributed by atoms with van der Waals surface area (Å²) in [5, 5.41) is 2.39. The third-order valence-electron chi connectivity index (χ3n) is 3.13. The van der Waals surface area contributed by atoms with E-state index in [0.717, 1.165) is 16.9 Å². The van der Waals surface area contributed by atoms with Crippen LogP contribution in [0.3, 0.4) is 0 Å². The smallest absolute Gasteiger partial charge is 0.137 e. The Morgan fingerprint density at radius 1 is 0.882 bits per heavy atom. The molecule has 1 aromatic heterocycles. The molecule has 0 amide bonds. The van der Waals surface area contributed by atoms with Crippen LogP contribution in [0.15, 0.2) is 40.8 Å². The number of nitrogens with zero attached hydrogens (tertiary/aromatic N) is 1. The highest BCUT2D eigenvalue weighted by atomic mass is 16.3. The Labute approximate surface area is 100 Å². The first kappa shape index (κ1) is 10.2. The van der Waals surface area contributed by atoms with Gasteiger partial charge >= 0.3 is 0 Å². The van der Waals surface area contributed by atoms with E-state index >= 15 is 0 Å². The fraction of sp³-hybridized carbons (Fsp3) is 0.200. The average Bonchev–Trinajstić information content (AvgIpc) is 2.66. The largest absolute Gasteiger partial charge is 0.456 e. The summed E-state index contributed by atoms with van der Waals surface area (Å²) in [6.07, 6.45) is 0. The summed E-state index contributed by atoms with van der Waals surface area (Å²) in [5.41, 5.74) is 4.34. The molecule has 0 aliphatic rings. The van der Waals surface area contributed by atoms with Gasteiger partial charge in [0.25, 0.3) is 0 Å². The van der Waals surface area contributed by atoms with Gasteiger partial charge in [-0.2, -0.15) is 0 Å². The van der Waals surface area contributed by atoms with Crippen LogP contribution in [0, 0.1) is 6.92 Å². The Hall–Kier alpha value is -1.96. The molecule has 0 N–H and O–H groups in total. The quantitative estimate of drug-likeness (QED) is 0.623. The molecule has 3 rings (SSSR count). The Morgan fingerprint density at radius 2 is 1.71 bits per heavy atom. The molecular weight excluding hydrogens is 210 g/mol. The van der Waals surface area contributed by atoms with Gasteiger partial charge in [-0.15, -0.1) is 0 Å². The van der Waals surface area contributed by atoms with Gasteiger partial charge in [0.05, 0.1) is 0 Å². The van der Waals surface area contributed by atoms with Gasteiger partial charge in [-0.3, -0.25) is 0 Å². The molecule has 1 heterocycles. The molecule has 0 spiro atoms. The predicted molar refractivity (Wildman–Crippen MR) is 72.8 cm³/mol. The van der Waals surface area contributed by atoms with E-state index in [4.69, 9.17) is 4.42 Å². The van der Waals surface area contributed by atoms with Gasteiger partial charge in [0, 0.05) is 36.6 Å². The van der Waals surface area contributed by atoms with E-state index in [2.05, 4.69) is 42.2 Å². The van der Waals surface area contributed by atoms with Gasteiger partial charge in [-0.1, -0.05) is 11.6 Å². The van der Waals surface area contributed by atoms with Gasteiger partial charge in [0.1, 0.15) is 11.2 Å². The summed E-state index contributed by atoms with van der Waals surface area (Å²) < 4.78 is 5.87. The SMILES string of the molecule is Cc1ccc2oc3cc(N(C)C)ccc3c2c1. The normalized spacial score (nSPS) is 11.2. The van der Waals surface area contributed by atoms with E-state index in [1.807, 2.05) is 20.2 Å². The van der Waals surface area contributed by atoms with Crippen molar-refractivity contribution in [2.45, 2.75) is 6.92 Å².